The van der Waals surface area contributed by atoms with Crippen molar-refractivity contribution in [1.29, 1.82) is 0 Å². The molecule has 19 heavy (non-hydrogen) atoms. The Balaban J connectivity index is 2.23. The molecule has 0 unspecified atom stereocenters. The Morgan fingerprint density at radius 2 is 1.68 bits per heavy atom. The van der Waals surface area contributed by atoms with Crippen molar-refractivity contribution in [3.8, 4) is 11.5 Å². The summed E-state index contributed by atoms with van der Waals surface area (Å²) in [5, 5.41) is 19.4. The second-order valence-electron chi connectivity index (χ2n) is 4.53. The second kappa shape index (κ2) is 4.28. The lowest BCUT2D eigenvalue weighted by molar-refractivity contribution is -0.114. The van der Waals surface area contributed by atoms with Gasteiger partial charge in [-0.15, -0.1) is 0 Å². The highest BCUT2D eigenvalue weighted by molar-refractivity contribution is 6.06. The number of phenols is 2. The van der Waals surface area contributed by atoms with Gasteiger partial charge in [0.2, 0.25) is 0 Å². The third kappa shape index (κ3) is 1.89. The molecule has 0 fully saturated rings. The molecule has 1 aliphatic carbocycles. The molecule has 0 aliphatic heterocycles. The highest BCUT2D eigenvalue weighted by Crippen LogP contribution is 2.39. The number of phenolic OH excluding ortho intramolecular Hbond substituents is 2. The van der Waals surface area contributed by atoms with E-state index in [1.54, 1.807) is 12.1 Å². The zero-order chi connectivity index (χ0) is 13.4. The number of hydrogen-bond acceptors (Lipinski definition) is 3. The van der Waals surface area contributed by atoms with Gasteiger partial charge in [0, 0.05) is 12.0 Å². The lowest BCUT2D eigenvalue weighted by atomic mass is 9.86. The van der Waals surface area contributed by atoms with Crippen LogP contribution in [0.15, 0.2) is 48.5 Å². The zero-order valence-corrected chi connectivity index (χ0v) is 10.1. The number of carbonyl (C=O) groups is 1. The van der Waals surface area contributed by atoms with Crippen LogP contribution in [0.5, 0.6) is 11.5 Å². The number of aromatic hydroxyl groups is 2. The molecule has 3 heteroatoms. The molecule has 0 heterocycles. The van der Waals surface area contributed by atoms with Crippen molar-refractivity contribution in [1.82, 2.24) is 0 Å². The minimum absolute atomic E-state index is 0.0766. The van der Waals surface area contributed by atoms with Crippen LogP contribution in [-0.2, 0) is 11.2 Å². The Hall–Kier alpha value is -2.55. The number of allylic oxidation sites excluding steroid dienone is 1. The van der Waals surface area contributed by atoms with Crippen LogP contribution in [0.2, 0.25) is 0 Å². The number of benzene rings is 2. The number of carbonyl (C=O) groups excluding carboxylic acids is 1. The fourth-order valence-corrected chi connectivity index (χ4v) is 2.38. The summed E-state index contributed by atoms with van der Waals surface area (Å²) in [7, 11) is 0. The molecule has 2 aromatic carbocycles. The molecule has 94 valence electrons. The molecular weight excluding hydrogens is 240 g/mol. The van der Waals surface area contributed by atoms with Gasteiger partial charge in [0.1, 0.15) is 0 Å². The lowest BCUT2D eigenvalue weighted by Crippen LogP contribution is -2.10. The monoisotopic (exact) mass is 252 g/mol. The predicted octanol–water partition coefficient (Wildman–Crippen LogP) is 2.65. The standard InChI is InChI=1S/C16H12O3/c17-11-8-13(10-4-2-1-3-5-10)12-6-7-15(18)16(19)14(12)9-11/h1-8,18-19H,9H2. The van der Waals surface area contributed by atoms with Gasteiger partial charge < -0.3 is 10.2 Å². The van der Waals surface area contributed by atoms with E-state index in [2.05, 4.69) is 0 Å². The minimum Gasteiger partial charge on any atom is -0.504 e. The molecule has 3 nitrogen and oxygen atoms in total. The molecule has 1 aliphatic rings. The molecule has 2 aromatic rings. The Labute approximate surface area is 110 Å². The smallest absolute Gasteiger partial charge is 0.161 e. The van der Waals surface area contributed by atoms with Crippen molar-refractivity contribution in [2.45, 2.75) is 6.42 Å². The quantitative estimate of drug-likeness (QED) is 0.767. The average molecular weight is 252 g/mol. The Morgan fingerprint density at radius 1 is 0.947 bits per heavy atom. The first-order valence-corrected chi connectivity index (χ1v) is 6.01. The first-order valence-electron chi connectivity index (χ1n) is 6.01. The minimum atomic E-state index is -0.201. The first-order chi connectivity index (χ1) is 9.16. The van der Waals surface area contributed by atoms with Crippen LogP contribution in [0.3, 0.4) is 0 Å². The van der Waals surface area contributed by atoms with E-state index in [9.17, 15) is 15.0 Å². The summed E-state index contributed by atoms with van der Waals surface area (Å²) < 4.78 is 0. The van der Waals surface area contributed by atoms with E-state index in [1.807, 2.05) is 30.3 Å². The molecule has 0 saturated carbocycles. The van der Waals surface area contributed by atoms with Gasteiger partial charge in [0.25, 0.3) is 0 Å². The molecule has 0 aromatic heterocycles. The number of rotatable bonds is 1. The van der Waals surface area contributed by atoms with E-state index in [0.717, 1.165) is 16.7 Å². The molecule has 0 bridgehead atoms. The molecule has 0 spiro atoms. The maximum Gasteiger partial charge on any atom is 0.161 e. The van der Waals surface area contributed by atoms with E-state index in [-0.39, 0.29) is 23.7 Å². The van der Waals surface area contributed by atoms with Crippen LogP contribution < -0.4 is 0 Å². The Bertz CT molecular complexity index is 685. The van der Waals surface area contributed by atoms with Gasteiger partial charge in [-0.1, -0.05) is 36.4 Å². The van der Waals surface area contributed by atoms with Gasteiger partial charge in [0.15, 0.2) is 17.3 Å². The molecule has 2 N–H and O–H groups in total. The van der Waals surface area contributed by atoms with Crippen LogP contribution in [0.1, 0.15) is 16.7 Å². The van der Waals surface area contributed by atoms with Crippen LogP contribution in [0.4, 0.5) is 0 Å². The maximum atomic E-state index is 11.8. The van der Waals surface area contributed by atoms with Crippen molar-refractivity contribution in [2.24, 2.45) is 0 Å². The van der Waals surface area contributed by atoms with Crippen molar-refractivity contribution in [2.75, 3.05) is 0 Å². The van der Waals surface area contributed by atoms with Gasteiger partial charge in [-0.3, -0.25) is 4.79 Å². The molecule has 3 rings (SSSR count). The van der Waals surface area contributed by atoms with E-state index >= 15 is 0 Å². The van der Waals surface area contributed by atoms with Gasteiger partial charge in [0.05, 0.1) is 0 Å². The zero-order valence-electron chi connectivity index (χ0n) is 10.1. The number of fused-ring (bicyclic) bond motifs is 1. The SMILES string of the molecule is O=C1C=C(c2ccccc2)c2ccc(O)c(O)c2C1. The topological polar surface area (TPSA) is 57.5 Å². The molecule has 0 radical (unpaired) electrons. The highest BCUT2D eigenvalue weighted by atomic mass is 16.3. The molecule has 0 atom stereocenters. The van der Waals surface area contributed by atoms with E-state index in [0.29, 0.717) is 5.56 Å². The predicted molar refractivity (Wildman–Crippen MR) is 72.0 cm³/mol. The molecule has 0 amide bonds. The second-order valence-corrected chi connectivity index (χ2v) is 4.53. The van der Waals surface area contributed by atoms with Crippen molar-refractivity contribution >= 4 is 11.4 Å². The summed E-state index contributed by atoms with van der Waals surface area (Å²) >= 11 is 0. The Kier molecular flexibility index (Phi) is 2.60. The maximum absolute atomic E-state index is 11.8. The van der Waals surface area contributed by atoms with Gasteiger partial charge >= 0.3 is 0 Å². The fraction of sp³-hybridized carbons (Fsp3) is 0.0625. The summed E-state index contributed by atoms with van der Waals surface area (Å²) in [6.45, 7) is 0. The summed E-state index contributed by atoms with van der Waals surface area (Å²) in [6, 6.07) is 12.7. The number of hydrogen-bond donors (Lipinski definition) is 2. The van der Waals surface area contributed by atoms with E-state index < -0.39 is 0 Å². The van der Waals surface area contributed by atoms with Crippen LogP contribution >= 0.6 is 0 Å². The van der Waals surface area contributed by atoms with E-state index in [4.69, 9.17) is 0 Å². The first kappa shape index (κ1) is 11.5. The lowest BCUT2D eigenvalue weighted by Gasteiger charge is -2.19. The average Bonchev–Trinajstić information content (AvgIpc) is 2.44. The summed E-state index contributed by atoms with van der Waals surface area (Å²) in [5.41, 5.74) is 2.98. The third-order valence-electron chi connectivity index (χ3n) is 3.29. The molecular formula is C16H12O3. The van der Waals surface area contributed by atoms with Crippen molar-refractivity contribution in [3.05, 3.63) is 65.2 Å². The normalized spacial score (nSPS) is 13.9. The fourth-order valence-electron chi connectivity index (χ4n) is 2.38. The van der Waals surface area contributed by atoms with Crippen LogP contribution in [0.25, 0.3) is 5.57 Å². The largest absolute Gasteiger partial charge is 0.504 e. The van der Waals surface area contributed by atoms with Crippen LogP contribution in [-0.4, -0.2) is 16.0 Å². The van der Waals surface area contributed by atoms with Crippen molar-refractivity contribution in [3.63, 3.8) is 0 Å². The third-order valence-corrected chi connectivity index (χ3v) is 3.29. The Morgan fingerprint density at radius 3 is 2.42 bits per heavy atom. The van der Waals surface area contributed by atoms with Gasteiger partial charge in [-0.2, -0.15) is 0 Å². The number of ketones is 1. The molecule has 0 saturated heterocycles. The summed E-state index contributed by atoms with van der Waals surface area (Å²) in [5.74, 6) is -0.472. The highest BCUT2D eigenvalue weighted by Gasteiger charge is 2.22. The summed E-state index contributed by atoms with van der Waals surface area (Å²) in [4.78, 5) is 11.8. The van der Waals surface area contributed by atoms with Gasteiger partial charge in [-0.05, 0) is 28.8 Å². The van der Waals surface area contributed by atoms with Gasteiger partial charge in [-0.25, -0.2) is 0 Å². The van der Waals surface area contributed by atoms with Crippen molar-refractivity contribution < 1.29 is 15.0 Å². The van der Waals surface area contributed by atoms with E-state index in [1.165, 1.54) is 6.07 Å². The van der Waals surface area contributed by atoms with Crippen LogP contribution in [0, 0.1) is 0 Å². The summed E-state index contributed by atoms with van der Waals surface area (Å²) in [6.07, 6.45) is 1.71.